The third-order valence-corrected chi connectivity index (χ3v) is 4.83. The maximum Gasteiger partial charge on any atom is 0.241 e. The summed E-state index contributed by atoms with van der Waals surface area (Å²) < 4.78 is 29.5. The molecule has 2 aromatic rings. The normalized spacial score (nSPS) is 13.2. The van der Waals surface area contributed by atoms with Crippen molar-refractivity contribution in [1.82, 2.24) is 14.3 Å². The van der Waals surface area contributed by atoms with Gasteiger partial charge in [-0.25, -0.2) is 18.1 Å². The molecule has 3 N–H and O–H groups in total. The number of sulfonamides is 1. The molecule has 1 atom stereocenters. The molecular formula is C14H20N4O2S. The minimum atomic E-state index is -3.59. The Kier molecular flexibility index (Phi) is 4.64. The van der Waals surface area contributed by atoms with Gasteiger partial charge in [-0.2, -0.15) is 0 Å². The topological polar surface area (TPSA) is 90.0 Å². The second-order valence-electron chi connectivity index (χ2n) is 5.00. The number of benzene rings is 1. The average Bonchev–Trinajstić information content (AvgIpc) is 2.90. The van der Waals surface area contributed by atoms with E-state index in [0.29, 0.717) is 18.7 Å². The first-order chi connectivity index (χ1) is 9.92. The van der Waals surface area contributed by atoms with Crippen LogP contribution in [0, 0.1) is 0 Å². The van der Waals surface area contributed by atoms with E-state index in [1.165, 1.54) is 6.07 Å². The van der Waals surface area contributed by atoms with E-state index in [-0.39, 0.29) is 10.9 Å². The van der Waals surface area contributed by atoms with Crippen LogP contribution in [0.3, 0.4) is 0 Å². The molecule has 0 saturated carbocycles. The molecule has 0 amide bonds. The minimum absolute atomic E-state index is 0.252. The maximum atomic E-state index is 12.5. The Morgan fingerprint density at radius 2 is 2.19 bits per heavy atom. The van der Waals surface area contributed by atoms with Crippen molar-refractivity contribution in [3.63, 3.8) is 0 Å². The lowest BCUT2D eigenvalue weighted by Crippen LogP contribution is -2.36. The van der Waals surface area contributed by atoms with Gasteiger partial charge >= 0.3 is 0 Å². The van der Waals surface area contributed by atoms with Gasteiger partial charge in [0, 0.05) is 30.7 Å². The molecule has 0 aliphatic heterocycles. The van der Waals surface area contributed by atoms with Crippen molar-refractivity contribution < 1.29 is 8.42 Å². The summed E-state index contributed by atoms with van der Waals surface area (Å²) in [5.74, 6) is 0. The molecule has 0 bridgehead atoms. The lowest BCUT2D eigenvalue weighted by atomic mass is 10.1. The summed E-state index contributed by atoms with van der Waals surface area (Å²) in [7, 11) is -3.59. The SMILES string of the molecule is CCc1ccc(N)cc1S(=O)(=O)NC(C)Cn1ccnc1. The lowest BCUT2D eigenvalue weighted by molar-refractivity contribution is 0.520. The number of hydrogen-bond acceptors (Lipinski definition) is 4. The van der Waals surface area contributed by atoms with Crippen molar-refractivity contribution in [3.8, 4) is 0 Å². The van der Waals surface area contributed by atoms with Crippen LogP contribution >= 0.6 is 0 Å². The fraction of sp³-hybridized carbons (Fsp3) is 0.357. The van der Waals surface area contributed by atoms with E-state index in [0.717, 1.165) is 5.56 Å². The number of anilines is 1. The van der Waals surface area contributed by atoms with Crippen molar-refractivity contribution in [1.29, 1.82) is 0 Å². The van der Waals surface area contributed by atoms with Crippen LogP contribution < -0.4 is 10.5 Å². The van der Waals surface area contributed by atoms with Gasteiger partial charge in [-0.15, -0.1) is 0 Å². The third kappa shape index (κ3) is 3.83. The molecule has 6 nitrogen and oxygen atoms in total. The maximum absolute atomic E-state index is 12.5. The first-order valence-corrected chi connectivity index (χ1v) is 8.27. The third-order valence-electron chi connectivity index (χ3n) is 3.16. The van der Waals surface area contributed by atoms with Gasteiger partial charge in [0.2, 0.25) is 10.0 Å². The molecule has 1 aromatic carbocycles. The molecule has 1 heterocycles. The molecule has 0 fully saturated rings. The zero-order valence-corrected chi connectivity index (χ0v) is 13.0. The number of aromatic nitrogens is 2. The van der Waals surface area contributed by atoms with E-state index in [1.54, 1.807) is 30.9 Å². The molecule has 1 aromatic heterocycles. The Morgan fingerprint density at radius 1 is 1.43 bits per heavy atom. The highest BCUT2D eigenvalue weighted by atomic mass is 32.2. The standard InChI is InChI=1S/C14H20N4O2S/c1-3-12-4-5-13(15)8-14(12)21(19,20)17-11(2)9-18-7-6-16-10-18/h4-8,10-11,17H,3,9,15H2,1-2H3. The van der Waals surface area contributed by atoms with Crippen LogP contribution in [-0.2, 0) is 23.0 Å². The second-order valence-corrected chi connectivity index (χ2v) is 6.68. The van der Waals surface area contributed by atoms with Crippen LogP contribution in [-0.4, -0.2) is 24.0 Å². The number of rotatable bonds is 6. The summed E-state index contributed by atoms with van der Waals surface area (Å²) >= 11 is 0. The average molecular weight is 308 g/mol. The Balaban J connectivity index is 2.20. The van der Waals surface area contributed by atoms with Gasteiger partial charge in [0.1, 0.15) is 0 Å². The monoisotopic (exact) mass is 308 g/mol. The number of nitrogen functional groups attached to an aromatic ring is 1. The molecule has 0 aliphatic rings. The van der Waals surface area contributed by atoms with Crippen LogP contribution in [0.2, 0.25) is 0 Å². The second kappa shape index (κ2) is 6.28. The van der Waals surface area contributed by atoms with Crippen LogP contribution in [0.15, 0.2) is 41.8 Å². The van der Waals surface area contributed by atoms with Gasteiger partial charge < -0.3 is 10.3 Å². The zero-order chi connectivity index (χ0) is 15.5. The van der Waals surface area contributed by atoms with Gasteiger partial charge in [0.15, 0.2) is 0 Å². The lowest BCUT2D eigenvalue weighted by Gasteiger charge is -2.16. The molecule has 2 rings (SSSR count). The van der Waals surface area contributed by atoms with Crippen molar-refractivity contribution in [3.05, 3.63) is 42.5 Å². The van der Waals surface area contributed by atoms with Crippen molar-refractivity contribution in [2.75, 3.05) is 5.73 Å². The number of hydrogen-bond donors (Lipinski definition) is 2. The number of imidazole rings is 1. The van der Waals surface area contributed by atoms with Crippen molar-refractivity contribution in [2.45, 2.75) is 37.8 Å². The minimum Gasteiger partial charge on any atom is -0.399 e. The Bertz CT molecular complexity index is 696. The summed E-state index contributed by atoms with van der Waals surface area (Å²) in [5, 5.41) is 0. The Morgan fingerprint density at radius 3 is 2.81 bits per heavy atom. The molecule has 0 radical (unpaired) electrons. The van der Waals surface area contributed by atoms with Crippen molar-refractivity contribution >= 4 is 15.7 Å². The zero-order valence-electron chi connectivity index (χ0n) is 12.2. The molecule has 0 saturated heterocycles. The van der Waals surface area contributed by atoms with Crippen LogP contribution in [0.1, 0.15) is 19.4 Å². The number of nitrogens with two attached hydrogens (primary N) is 1. The molecule has 0 spiro atoms. The highest BCUT2D eigenvalue weighted by Crippen LogP contribution is 2.20. The van der Waals surface area contributed by atoms with Crippen LogP contribution in [0.25, 0.3) is 0 Å². The van der Waals surface area contributed by atoms with Crippen molar-refractivity contribution in [2.24, 2.45) is 0 Å². The van der Waals surface area contributed by atoms with E-state index in [2.05, 4.69) is 9.71 Å². The molecular weight excluding hydrogens is 288 g/mol. The summed E-state index contributed by atoms with van der Waals surface area (Å²) in [6.45, 7) is 4.25. The van der Waals surface area contributed by atoms with E-state index in [9.17, 15) is 8.42 Å². The molecule has 1 unspecified atom stereocenters. The molecule has 114 valence electrons. The van der Waals surface area contributed by atoms with Crippen LogP contribution in [0.5, 0.6) is 0 Å². The number of nitrogens with zero attached hydrogens (tertiary/aromatic N) is 2. The molecule has 7 heteroatoms. The molecule has 21 heavy (non-hydrogen) atoms. The van der Waals surface area contributed by atoms with Gasteiger partial charge in [0.05, 0.1) is 11.2 Å². The predicted octanol–water partition coefficient (Wildman–Crippen LogP) is 1.39. The predicted molar refractivity (Wildman–Crippen MR) is 82.2 cm³/mol. The highest BCUT2D eigenvalue weighted by molar-refractivity contribution is 7.89. The summed E-state index contributed by atoms with van der Waals surface area (Å²) in [5.41, 5.74) is 6.91. The van der Waals surface area contributed by atoms with E-state index in [4.69, 9.17) is 5.73 Å². The fourth-order valence-corrected chi connectivity index (χ4v) is 3.77. The van der Waals surface area contributed by atoms with Gasteiger partial charge in [-0.05, 0) is 31.0 Å². The first-order valence-electron chi connectivity index (χ1n) is 6.79. The van der Waals surface area contributed by atoms with E-state index >= 15 is 0 Å². The van der Waals surface area contributed by atoms with Gasteiger partial charge in [0.25, 0.3) is 0 Å². The van der Waals surface area contributed by atoms with Crippen LogP contribution in [0.4, 0.5) is 5.69 Å². The first kappa shape index (κ1) is 15.5. The Hall–Kier alpha value is -1.86. The van der Waals surface area contributed by atoms with E-state index < -0.39 is 10.0 Å². The highest BCUT2D eigenvalue weighted by Gasteiger charge is 2.20. The molecule has 0 aliphatic carbocycles. The summed E-state index contributed by atoms with van der Waals surface area (Å²) in [6, 6.07) is 4.72. The summed E-state index contributed by atoms with van der Waals surface area (Å²) in [6.07, 6.45) is 5.74. The number of nitrogens with one attached hydrogen (secondary N) is 1. The largest absolute Gasteiger partial charge is 0.399 e. The summed E-state index contributed by atoms with van der Waals surface area (Å²) in [4.78, 5) is 4.19. The smallest absolute Gasteiger partial charge is 0.241 e. The Labute approximate surface area is 125 Å². The fourth-order valence-electron chi connectivity index (χ4n) is 2.19. The van der Waals surface area contributed by atoms with E-state index in [1.807, 2.05) is 18.4 Å². The van der Waals surface area contributed by atoms with Gasteiger partial charge in [-0.3, -0.25) is 0 Å². The quantitative estimate of drug-likeness (QED) is 0.789. The van der Waals surface area contributed by atoms with Gasteiger partial charge in [-0.1, -0.05) is 13.0 Å². The number of aryl methyl sites for hydroxylation is 1.